The first-order chi connectivity index (χ1) is 7.65. The molecule has 5 heteroatoms. The second-order valence-electron chi connectivity index (χ2n) is 3.69. The lowest BCUT2D eigenvalue weighted by Gasteiger charge is -2.13. The van der Waals surface area contributed by atoms with Gasteiger partial charge in [-0.05, 0) is 24.3 Å². The summed E-state index contributed by atoms with van der Waals surface area (Å²) in [6.45, 7) is 2.30. The lowest BCUT2D eigenvalue weighted by molar-refractivity contribution is -0.114. The fraction of sp³-hybridized carbons (Fsp3) is 0.273. The molecule has 1 aromatic rings. The summed E-state index contributed by atoms with van der Waals surface area (Å²) >= 11 is 0. The van der Waals surface area contributed by atoms with E-state index in [-0.39, 0.29) is 5.91 Å². The van der Waals surface area contributed by atoms with Crippen molar-refractivity contribution < 1.29 is 4.79 Å². The second-order valence-corrected chi connectivity index (χ2v) is 3.69. The molecule has 0 fully saturated rings. The van der Waals surface area contributed by atoms with Gasteiger partial charge in [0.05, 0.1) is 5.69 Å². The summed E-state index contributed by atoms with van der Waals surface area (Å²) in [5, 5.41) is 8.76. The van der Waals surface area contributed by atoms with Crippen molar-refractivity contribution in [1.29, 1.82) is 0 Å². The molecule has 0 atom stereocenters. The van der Waals surface area contributed by atoms with Crippen LogP contribution >= 0.6 is 0 Å². The van der Waals surface area contributed by atoms with E-state index in [1.165, 1.54) is 6.92 Å². The van der Waals surface area contributed by atoms with Crippen LogP contribution in [0.15, 0.2) is 29.4 Å². The van der Waals surface area contributed by atoms with Crippen LogP contribution in [0.5, 0.6) is 0 Å². The van der Waals surface area contributed by atoms with Crippen molar-refractivity contribution in [3.63, 3.8) is 0 Å². The number of nitrogens with one attached hydrogen (secondary N) is 1. The number of anilines is 2. The van der Waals surface area contributed by atoms with Gasteiger partial charge in [-0.1, -0.05) is 0 Å². The molecule has 0 aliphatic carbocycles. The zero-order chi connectivity index (χ0) is 11.5. The fourth-order valence-corrected chi connectivity index (χ4v) is 1.58. The van der Waals surface area contributed by atoms with Gasteiger partial charge >= 0.3 is 0 Å². The van der Waals surface area contributed by atoms with Crippen molar-refractivity contribution in [3.05, 3.63) is 24.3 Å². The predicted molar refractivity (Wildman–Crippen MR) is 64.3 cm³/mol. The monoisotopic (exact) mass is 218 g/mol. The SMILES string of the molecule is CC(=O)Nc1ccc(N2CCC(N)=N2)cc1. The molecule has 84 valence electrons. The highest BCUT2D eigenvalue weighted by molar-refractivity contribution is 5.89. The van der Waals surface area contributed by atoms with Crippen LogP contribution in [0.2, 0.25) is 0 Å². The molecule has 3 N–H and O–H groups in total. The zero-order valence-corrected chi connectivity index (χ0v) is 9.10. The summed E-state index contributed by atoms with van der Waals surface area (Å²) in [5.74, 6) is 0.585. The maximum atomic E-state index is 10.8. The Balaban J connectivity index is 2.10. The molecule has 0 unspecified atom stereocenters. The number of hydrogen-bond donors (Lipinski definition) is 2. The van der Waals surface area contributed by atoms with Crippen LogP contribution in [0.25, 0.3) is 0 Å². The van der Waals surface area contributed by atoms with E-state index >= 15 is 0 Å². The molecule has 0 radical (unpaired) electrons. The number of nitrogens with zero attached hydrogens (tertiary/aromatic N) is 2. The molecule has 16 heavy (non-hydrogen) atoms. The Morgan fingerprint density at radius 1 is 1.44 bits per heavy atom. The molecular formula is C11H14N4O. The van der Waals surface area contributed by atoms with Crippen molar-refractivity contribution in [2.45, 2.75) is 13.3 Å². The third kappa shape index (κ3) is 2.31. The third-order valence-electron chi connectivity index (χ3n) is 2.31. The van der Waals surface area contributed by atoms with Gasteiger partial charge in [0.25, 0.3) is 0 Å². The molecule has 1 aliphatic heterocycles. The van der Waals surface area contributed by atoms with Crippen LogP contribution in [0.4, 0.5) is 11.4 Å². The van der Waals surface area contributed by atoms with Gasteiger partial charge < -0.3 is 11.1 Å². The van der Waals surface area contributed by atoms with Gasteiger partial charge in [0.2, 0.25) is 5.91 Å². The molecule has 1 amide bonds. The van der Waals surface area contributed by atoms with Gasteiger partial charge in [-0.25, -0.2) is 0 Å². The smallest absolute Gasteiger partial charge is 0.221 e. The Hall–Kier alpha value is -2.04. The number of amidine groups is 1. The number of carbonyl (C=O) groups is 1. The van der Waals surface area contributed by atoms with E-state index in [0.717, 1.165) is 24.3 Å². The van der Waals surface area contributed by atoms with Crippen molar-refractivity contribution in [2.24, 2.45) is 10.8 Å². The quantitative estimate of drug-likeness (QED) is 0.781. The predicted octanol–water partition coefficient (Wildman–Crippen LogP) is 1.13. The number of amides is 1. The average molecular weight is 218 g/mol. The van der Waals surface area contributed by atoms with Crippen LogP contribution in [-0.4, -0.2) is 18.3 Å². The number of carbonyl (C=O) groups excluding carboxylic acids is 1. The van der Waals surface area contributed by atoms with Crippen molar-refractivity contribution in [1.82, 2.24) is 0 Å². The van der Waals surface area contributed by atoms with Crippen LogP contribution < -0.4 is 16.1 Å². The minimum atomic E-state index is -0.0730. The molecule has 2 rings (SSSR count). The lowest BCUT2D eigenvalue weighted by Crippen LogP contribution is -2.12. The molecule has 0 bridgehead atoms. The molecule has 0 aromatic heterocycles. The normalized spacial score (nSPS) is 14.8. The number of rotatable bonds is 2. The summed E-state index contributed by atoms with van der Waals surface area (Å²) in [7, 11) is 0. The molecule has 0 saturated heterocycles. The van der Waals surface area contributed by atoms with Gasteiger partial charge in [-0.15, -0.1) is 0 Å². The largest absolute Gasteiger partial charge is 0.386 e. The summed E-state index contributed by atoms with van der Waals surface area (Å²) < 4.78 is 0. The Morgan fingerprint density at radius 3 is 2.62 bits per heavy atom. The molecular weight excluding hydrogens is 204 g/mol. The fourth-order valence-electron chi connectivity index (χ4n) is 1.58. The van der Waals surface area contributed by atoms with Gasteiger partial charge in [0.15, 0.2) is 0 Å². The molecule has 1 aliphatic rings. The summed E-state index contributed by atoms with van der Waals surface area (Å²) in [5.41, 5.74) is 7.38. The number of hydrazone groups is 1. The number of benzene rings is 1. The molecule has 1 aromatic carbocycles. The first kappa shape index (κ1) is 10.5. The highest BCUT2D eigenvalue weighted by Gasteiger charge is 2.12. The van der Waals surface area contributed by atoms with Crippen LogP contribution in [0, 0.1) is 0 Å². The van der Waals surface area contributed by atoms with Crippen molar-refractivity contribution in [3.8, 4) is 0 Å². The van der Waals surface area contributed by atoms with E-state index in [2.05, 4.69) is 10.4 Å². The van der Waals surface area contributed by atoms with E-state index in [4.69, 9.17) is 5.73 Å². The van der Waals surface area contributed by atoms with Crippen LogP contribution in [-0.2, 0) is 4.79 Å². The molecule has 0 spiro atoms. The molecule has 5 nitrogen and oxygen atoms in total. The van der Waals surface area contributed by atoms with Crippen LogP contribution in [0.1, 0.15) is 13.3 Å². The maximum Gasteiger partial charge on any atom is 0.221 e. The minimum absolute atomic E-state index is 0.0730. The van der Waals surface area contributed by atoms with E-state index in [0.29, 0.717) is 5.84 Å². The highest BCUT2D eigenvalue weighted by atomic mass is 16.1. The Morgan fingerprint density at radius 2 is 2.12 bits per heavy atom. The third-order valence-corrected chi connectivity index (χ3v) is 2.31. The van der Waals surface area contributed by atoms with Gasteiger partial charge in [0.1, 0.15) is 5.84 Å². The molecule has 0 saturated carbocycles. The second kappa shape index (κ2) is 4.22. The van der Waals surface area contributed by atoms with Crippen molar-refractivity contribution in [2.75, 3.05) is 16.9 Å². The Kier molecular flexibility index (Phi) is 2.76. The maximum absolute atomic E-state index is 10.8. The topological polar surface area (TPSA) is 70.7 Å². The Labute approximate surface area is 93.9 Å². The average Bonchev–Trinajstić information content (AvgIpc) is 2.65. The number of hydrogen-bond acceptors (Lipinski definition) is 4. The Bertz CT molecular complexity index is 424. The van der Waals surface area contributed by atoms with E-state index < -0.39 is 0 Å². The highest BCUT2D eigenvalue weighted by Crippen LogP contribution is 2.20. The zero-order valence-electron chi connectivity index (χ0n) is 9.10. The minimum Gasteiger partial charge on any atom is -0.386 e. The van der Waals surface area contributed by atoms with Gasteiger partial charge in [-0.3, -0.25) is 9.80 Å². The summed E-state index contributed by atoms with van der Waals surface area (Å²) in [6.07, 6.45) is 0.799. The van der Waals surface area contributed by atoms with Gasteiger partial charge in [-0.2, -0.15) is 5.10 Å². The lowest BCUT2D eigenvalue weighted by atomic mass is 10.2. The van der Waals surface area contributed by atoms with E-state index in [1.54, 1.807) is 0 Å². The number of nitrogens with two attached hydrogens (primary N) is 1. The standard InChI is InChI=1S/C11H14N4O/c1-8(16)13-9-2-4-10(5-3-9)15-7-6-11(12)14-15/h2-5H,6-7H2,1H3,(H2,12,14)(H,13,16). The van der Waals surface area contributed by atoms with E-state index in [9.17, 15) is 4.79 Å². The van der Waals surface area contributed by atoms with Crippen LogP contribution in [0.3, 0.4) is 0 Å². The summed E-state index contributed by atoms with van der Waals surface area (Å²) in [6, 6.07) is 7.52. The van der Waals surface area contributed by atoms with Gasteiger partial charge in [0, 0.05) is 25.6 Å². The first-order valence-electron chi connectivity index (χ1n) is 5.13. The molecule has 1 heterocycles. The first-order valence-corrected chi connectivity index (χ1v) is 5.13. The summed E-state index contributed by atoms with van der Waals surface area (Å²) in [4.78, 5) is 10.8. The van der Waals surface area contributed by atoms with E-state index in [1.807, 2.05) is 29.3 Å². The van der Waals surface area contributed by atoms with Crippen molar-refractivity contribution >= 4 is 23.1 Å².